The molecule has 1 saturated carbocycles. The van der Waals surface area contributed by atoms with Gasteiger partial charge in [-0.1, -0.05) is 71.7 Å². The highest BCUT2D eigenvalue weighted by Crippen LogP contribution is 2.61. The topological polar surface area (TPSA) is 71.8 Å². The molecule has 2 N–H and O–H groups in total. The predicted octanol–water partition coefficient (Wildman–Crippen LogP) is 6.66. The van der Waals surface area contributed by atoms with Crippen molar-refractivity contribution in [2.24, 2.45) is 5.41 Å². The van der Waals surface area contributed by atoms with Crippen LogP contribution in [0.4, 0.5) is 0 Å². The zero-order chi connectivity index (χ0) is 26.2. The normalized spacial score (nSPS) is 28.9. The summed E-state index contributed by atoms with van der Waals surface area (Å²) in [6.45, 7) is 12.2. The number of fused-ring (bicyclic) bond motifs is 4. The fourth-order valence-electron chi connectivity index (χ4n) is 7.37. The maximum absolute atomic E-state index is 11.6. The number of aliphatic hydroxyl groups excluding tert-OH is 2. The van der Waals surface area contributed by atoms with Gasteiger partial charge in [-0.3, -0.25) is 4.98 Å². The highest BCUT2D eigenvalue weighted by Gasteiger charge is 2.54. The SMILES string of the molecule is CC(C)(C)c1ccc([C@H]2OC3(CCCC3)c3c4c(nc(C5CCOCC5)c32)[C@H](O)C(C)(C)CC4O)cc1. The summed E-state index contributed by atoms with van der Waals surface area (Å²) in [5.74, 6) is 0.263. The van der Waals surface area contributed by atoms with Crippen LogP contribution in [-0.2, 0) is 20.5 Å². The summed E-state index contributed by atoms with van der Waals surface area (Å²) in [7, 11) is 0. The van der Waals surface area contributed by atoms with Crippen molar-refractivity contribution in [2.75, 3.05) is 13.2 Å². The second kappa shape index (κ2) is 8.87. The average molecular weight is 506 g/mol. The molecule has 0 amide bonds. The number of aromatic nitrogens is 1. The van der Waals surface area contributed by atoms with Gasteiger partial charge >= 0.3 is 0 Å². The van der Waals surface area contributed by atoms with Crippen molar-refractivity contribution in [1.29, 1.82) is 0 Å². The van der Waals surface area contributed by atoms with E-state index < -0.39 is 23.2 Å². The minimum absolute atomic E-state index is 0.0839. The third kappa shape index (κ3) is 4.09. The first kappa shape index (κ1) is 25.5. The molecular weight excluding hydrogens is 462 g/mol. The Morgan fingerprint density at radius 3 is 2.19 bits per heavy atom. The third-order valence-electron chi connectivity index (χ3n) is 9.54. The van der Waals surface area contributed by atoms with Gasteiger partial charge in [-0.25, -0.2) is 0 Å². The van der Waals surface area contributed by atoms with E-state index in [9.17, 15) is 10.2 Å². The van der Waals surface area contributed by atoms with Gasteiger partial charge in [0.25, 0.3) is 0 Å². The Hall–Kier alpha value is -1.79. The Balaban J connectivity index is 1.59. The van der Waals surface area contributed by atoms with Gasteiger partial charge in [0.1, 0.15) is 12.2 Å². The first-order valence-corrected chi connectivity index (χ1v) is 14.3. The Labute approximate surface area is 221 Å². The van der Waals surface area contributed by atoms with Crippen LogP contribution in [0.3, 0.4) is 0 Å². The standard InChI is InChI=1S/C32H43NO4/c1-30(2,3)21-10-8-20(9-11-21)28-24-25(32(37-28)14-6-7-15-32)23-22(34)18-31(4,5)29(35)27(23)33-26(24)19-12-16-36-17-13-19/h8-11,19,22,28-29,34-35H,6-7,12-18H2,1-5H3/t22?,28-,29+/m1/s1. The first-order valence-electron chi connectivity index (χ1n) is 14.3. The van der Waals surface area contributed by atoms with Crippen molar-refractivity contribution < 1.29 is 19.7 Å². The third-order valence-corrected chi connectivity index (χ3v) is 9.54. The van der Waals surface area contributed by atoms with Crippen LogP contribution in [0.15, 0.2) is 24.3 Å². The summed E-state index contributed by atoms with van der Waals surface area (Å²) < 4.78 is 12.9. The smallest absolute Gasteiger partial charge is 0.111 e. The number of nitrogens with zero attached hydrogens (tertiary/aromatic N) is 1. The van der Waals surface area contributed by atoms with E-state index >= 15 is 0 Å². The lowest BCUT2D eigenvalue weighted by atomic mass is 9.68. The zero-order valence-electron chi connectivity index (χ0n) is 23.1. The van der Waals surface area contributed by atoms with Gasteiger partial charge in [0.05, 0.1) is 23.1 Å². The average Bonchev–Trinajstić information content (AvgIpc) is 3.47. The highest BCUT2D eigenvalue weighted by molar-refractivity contribution is 5.55. The molecule has 2 aliphatic carbocycles. The zero-order valence-corrected chi connectivity index (χ0v) is 23.1. The van der Waals surface area contributed by atoms with Crippen molar-refractivity contribution in [3.63, 3.8) is 0 Å². The monoisotopic (exact) mass is 505 g/mol. The lowest BCUT2D eigenvalue weighted by molar-refractivity contribution is -0.0598. The maximum atomic E-state index is 11.6. The molecule has 0 bridgehead atoms. The van der Waals surface area contributed by atoms with E-state index in [0.717, 1.165) is 74.1 Å². The number of hydrogen-bond donors (Lipinski definition) is 2. The molecule has 6 rings (SSSR count). The largest absolute Gasteiger partial charge is 0.388 e. The summed E-state index contributed by atoms with van der Waals surface area (Å²) in [6, 6.07) is 8.92. The Kier molecular flexibility index (Phi) is 6.11. The molecule has 3 heterocycles. The quantitative estimate of drug-likeness (QED) is 0.478. The molecule has 1 unspecified atom stereocenters. The number of benzene rings is 1. The van der Waals surface area contributed by atoms with Crippen molar-refractivity contribution in [3.05, 3.63) is 63.5 Å². The molecule has 1 spiro atoms. The van der Waals surface area contributed by atoms with E-state index in [4.69, 9.17) is 14.5 Å². The second-order valence-electron chi connectivity index (χ2n) is 13.7. The summed E-state index contributed by atoms with van der Waals surface area (Å²) in [5, 5.41) is 23.1. The highest BCUT2D eigenvalue weighted by atomic mass is 16.5. The first-order chi connectivity index (χ1) is 17.5. The van der Waals surface area contributed by atoms with Crippen LogP contribution in [0.5, 0.6) is 0 Å². The molecular formula is C32H43NO4. The lowest BCUT2D eigenvalue weighted by Gasteiger charge is -2.41. The van der Waals surface area contributed by atoms with Crippen LogP contribution in [-0.4, -0.2) is 28.4 Å². The molecule has 5 heteroatoms. The summed E-state index contributed by atoms with van der Waals surface area (Å²) in [6.07, 6.45) is 4.92. The van der Waals surface area contributed by atoms with Crippen molar-refractivity contribution in [1.82, 2.24) is 4.98 Å². The van der Waals surface area contributed by atoms with E-state index in [2.05, 4.69) is 45.0 Å². The molecule has 5 nitrogen and oxygen atoms in total. The number of hydrogen-bond acceptors (Lipinski definition) is 5. The predicted molar refractivity (Wildman–Crippen MR) is 144 cm³/mol. The Bertz CT molecular complexity index is 1170. The van der Waals surface area contributed by atoms with E-state index in [0.29, 0.717) is 12.1 Å². The molecule has 0 radical (unpaired) electrons. The van der Waals surface area contributed by atoms with Crippen molar-refractivity contribution in [2.45, 2.75) is 115 Å². The van der Waals surface area contributed by atoms with E-state index in [-0.39, 0.29) is 17.4 Å². The molecule has 2 aromatic rings. The van der Waals surface area contributed by atoms with E-state index in [1.165, 1.54) is 11.1 Å². The molecule has 1 saturated heterocycles. The van der Waals surface area contributed by atoms with Crippen molar-refractivity contribution >= 4 is 0 Å². The van der Waals surface area contributed by atoms with Gasteiger partial charge in [0.15, 0.2) is 0 Å². The molecule has 2 aliphatic heterocycles. The minimum atomic E-state index is -0.710. The van der Waals surface area contributed by atoms with E-state index in [1.807, 2.05) is 13.8 Å². The molecule has 2 fully saturated rings. The number of aliphatic hydroxyl groups is 2. The van der Waals surface area contributed by atoms with Gasteiger partial charge < -0.3 is 19.7 Å². The molecule has 200 valence electrons. The second-order valence-corrected chi connectivity index (χ2v) is 13.7. The summed E-state index contributed by atoms with van der Waals surface area (Å²) >= 11 is 0. The van der Waals surface area contributed by atoms with Crippen LogP contribution in [0.25, 0.3) is 0 Å². The molecule has 1 aromatic heterocycles. The van der Waals surface area contributed by atoms with Gasteiger partial charge in [0.2, 0.25) is 0 Å². The minimum Gasteiger partial charge on any atom is -0.388 e. The van der Waals surface area contributed by atoms with E-state index in [1.54, 1.807) is 0 Å². The number of rotatable bonds is 2. The summed E-state index contributed by atoms with van der Waals surface area (Å²) in [4.78, 5) is 5.28. The molecule has 1 aromatic carbocycles. The van der Waals surface area contributed by atoms with Gasteiger partial charge in [-0.05, 0) is 59.6 Å². The Morgan fingerprint density at radius 1 is 0.919 bits per heavy atom. The van der Waals surface area contributed by atoms with Crippen molar-refractivity contribution in [3.8, 4) is 0 Å². The molecule has 37 heavy (non-hydrogen) atoms. The summed E-state index contributed by atoms with van der Waals surface area (Å²) in [5.41, 5.74) is 6.61. The van der Waals surface area contributed by atoms with Crippen LogP contribution < -0.4 is 0 Å². The fourth-order valence-corrected chi connectivity index (χ4v) is 7.37. The van der Waals surface area contributed by atoms with Crippen LogP contribution in [0.2, 0.25) is 0 Å². The lowest BCUT2D eigenvalue weighted by Crippen LogP contribution is -2.35. The van der Waals surface area contributed by atoms with Gasteiger partial charge in [-0.15, -0.1) is 0 Å². The number of pyridine rings is 1. The van der Waals surface area contributed by atoms with Gasteiger partial charge in [-0.2, -0.15) is 0 Å². The van der Waals surface area contributed by atoms with Crippen LogP contribution >= 0.6 is 0 Å². The maximum Gasteiger partial charge on any atom is 0.111 e. The molecule has 3 atom stereocenters. The van der Waals surface area contributed by atoms with Crippen LogP contribution in [0.1, 0.15) is 143 Å². The Morgan fingerprint density at radius 2 is 1.57 bits per heavy atom. The van der Waals surface area contributed by atoms with Crippen LogP contribution in [0, 0.1) is 5.41 Å². The molecule has 4 aliphatic rings. The van der Waals surface area contributed by atoms with Gasteiger partial charge in [0, 0.05) is 30.3 Å². The fraction of sp³-hybridized carbons (Fsp3) is 0.656. The number of ether oxygens (including phenoxy) is 2.